The van der Waals surface area contributed by atoms with Crippen molar-refractivity contribution in [2.45, 2.75) is 37.1 Å². The zero-order valence-electron chi connectivity index (χ0n) is 15.0. The van der Waals surface area contributed by atoms with E-state index in [2.05, 4.69) is 5.32 Å². The summed E-state index contributed by atoms with van der Waals surface area (Å²) < 4.78 is 39.9. The lowest BCUT2D eigenvalue weighted by atomic mass is 10.1. The Morgan fingerprint density at radius 3 is 2.37 bits per heavy atom. The van der Waals surface area contributed by atoms with E-state index >= 15 is 0 Å². The summed E-state index contributed by atoms with van der Waals surface area (Å²) in [4.78, 5) is 12.3. The van der Waals surface area contributed by atoms with Gasteiger partial charge in [-0.05, 0) is 48.2 Å². The maximum Gasteiger partial charge on any atom is 0.243 e. The Morgan fingerprint density at radius 1 is 1.00 bits per heavy atom. The van der Waals surface area contributed by atoms with Crippen molar-refractivity contribution >= 4 is 15.9 Å². The molecule has 1 fully saturated rings. The van der Waals surface area contributed by atoms with E-state index in [-0.39, 0.29) is 29.6 Å². The molecular formula is C20H23FN2O3S. The number of amides is 1. The number of carbonyl (C=O) groups is 1. The minimum Gasteiger partial charge on any atom is -0.352 e. The summed E-state index contributed by atoms with van der Waals surface area (Å²) >= 11 is 0. The van der Waals surface area contributed by atoms with Crippen molar-refractivity contribution in [3.05, 3.63) is 65.5 Å². The lowest BCUT2D eigenvalue weighted by Gasteiger charge is -2.25. The number of benzene rings is 2. The largest absolute Gasteiger partial charge is 0.352 e. The summed E-state index contributed by atoms with van der Waals surface area (Å²) in [6, 6.07) is 12.5. The molecule has 0 saturated carbocycles. The van der Waals surface area contributed by atoms with Gasteiger partial charge in [-0.1, -0.05) is 30.7 Å². The third-order valence-corrected chi connectivity index (χ3v) is 6.53. The van der Waals surface area contributed by atoms with E-state index in [0.29, 0.717) is 18.7 Å². The van der Waals surface area contributed by atoms with Crippen molar-refractivity contribution in [2.24, 2.45) is 0 Å². The fraction of sp³-hybridized carbons (Fsp3) is 0.350. The van der Waals surface area contributed by atoms with Gasteiger partial charge >= 0.3 is 0 Å². The molecule has 7 heteroatoms. The van der Waals surface area contributed by atoms with Crippen LogP contribution < -0.4 is 5.32 Å². The molecular weight excluding hydrogens is 367 g/mol. The van der Waals surface area contributed by atoms with Crippen LogP contribution in [0, 0.1) is 5.82 Å². The number of nitrogens with zero attached hydrogens (tertiary/aromatic N) is 1. The first-order chi connectivity index (χ1) is 12.9. The van der Waals surface area contributed by atoms with Crippen molar-refractivity contribution < 1.29 is 17.6 Å². The lowest BCUT2D eigenvalue weighted by molar-refractivity contribution is -0.120. The molecule has 3 rings (SSSR count). The van der Waals surface area contributed by atoms with E-state index in [1.807, 2.05) is 0 Å². The molecule has 1 aliphatic heterocycles. The monoisotopic (exact) mass is 390 g/mol. The number of sulfonamides is 1. The minimum absolute atomic E-state index is 0.0964. The average molecular weight is 390 g/mol. The molecule has 0 bridgehead atoms. The fourth-order valence-electron chi connectivity index (χ4n) is 3.13. The number of rotatable bonds is 6. The average Bonchev–Trinajstić information content (AvgIpc) is 2.67. The third-order valence-electron chi connectivity index (χ3n) is 4.62. The van der Waals surface area contributed by atoms with E-state index < -0.39 is 10.0 Å². The van der Waals surface area contributed by atoms with Crippen LogP contribution in [0.25, 0.3) is 0 Å². The summed E-state index contributed by atoms with van der Waals surface area (Å²) in [5.41, 5.74) is 1.41. The SMILES string of the molecule is O=C(Cc1cccc(F)c1)NCc1ccc(S(=O)(=O)N2CCCCC2)cc1. The van der Waals surface area contributed by atoms with Crippen LogP contribution in [0.2, 0.25) is 0 Å². The standard InChI is InChI=1S/C20H23FN2O3S/c21-18-6-4-5-17(13-18)14-20(24)22-15-16-7-9-19(10-8-16)27(25,26)23-11-2-1-3-12-23/h4-10,13H,1-3,11-12,14-15H2,(H,22,24). The van der Waals surface area contributed by atoms with E-state index in [1.54, 1.807) is 36.4 Å². The smallest absolute Gasteiger partial charge is 0.243 e. The number of hydrogen-bond acceptors (Lipinski definition) is 3. The molecule has 2 aromatic carbocycles. The van der Waals surface area contributed by atoms with Crippen molar-refractivity contribution in [1.29, 1.82) is 0 Å². The number of nitrogens with one attached hydrogen (secondary N) is 1. The number of halogens is 1. The van der Waals surface area contributed by atoms with E-state index in [9.17, 15) is 17.6 Å². The van der Waals surface area contributed by atoms with E-state index in [0.717, 1.165) is 24.8 Å². The van der Waals surface area contributed by atoms with Gasteiger partial charge in [0.2, 0.25) is 15.9 Å². The zero-order valence-corrected chi connectivity index (χ0v) is 15.8. The Morgan fingerprint density at radius 2 is 1.70 bits per heavy atom. The maximum atomic E-state index is 13.2. The molecule has 1 heterocycles. The van der Waals surface area contributed by atoms with Gasteiger partial charge in [-0.15, -0.1) is 0 Å². The molecule has 27 heavy (non-hydrogen) atoms. The Hall–Kier alpha value is -2.25. The molecule has 0 aliphatic carbocycles. The van der Waals surface area contributed by atoms with Crippen LogP contribution in [0.1, 0.15) is 30.4 Å². The Balaban J connectivity index is 1.56. The fourth-order valence-corrected chi connectivity index (χ4v) is 4.65. The van der Waals surface area contributed by atoms with Crippen molar-refractivity contribution in [2.75, 3.05) is 13.1 Å². The highest BCUT2D eigenvalue weighted by Gasteiger charge is 2.25. The molecule has 0 radical (unpaired) electrons. The van der Waals surface area contributed by atoms with Crippen LogP contribution in [-0.2, 0) is 27.8 Å². The van der Waals surface area contributed by atoms with Crippen molar-refractivity contribution in [3.8, 4) is 0 Å². The molecule has 144 valence electrons. The topological polar surface area (TPSA) is 66.5 Å². The molecule has 0 aromatic heterocycles. The van der Waals surface area contributed by atoms with Crippen LogP contribution in [0.4, 0.5) is 4.39 Å². The van der Waals surface area contributed by atoms with Gasteiger partial charge in [0.05, 0.1) is 11.3 Å². The lowest BCUT2D eigenvalue weighted by Crippen LogP contribution is -2.35. The van der Waals surface area contributed by atoms with Gasteiger partial charge in [0, 0.05) is 19.6 Å². The molecule has 0 spiro atoms. The van der Waals surface area contributed by atoms with E-state index in [1.165, 1.54) is 16.4 Å². The highest BCUT2D eigenvalue weighted by Crippen LogP contribution is 2.20. The van der Waals surface area contributed by atoms with Gasteiger partial charge in [-0.25, -0.2) is 12.8 Å². The third kappa shape index (κ3) is 5.14. The summed E-state index contributed by atoms with van der Waals surface area (Å²) in [6.07, 6.45) is 2.96. The van der Waals surface area contributed by atoms with Gasteiger partial charge < -0.3 is 5.32 Å². The summed E-state index contributed by atoms with van der Waals surface area (Å²) in [5.74, 6) is -0.587. The molecule has 1 aliphatic rings. The molecule has 2 aromatic rings. The highest BCUT2D eigenvalue weighted by molar-refractivity contribution is 7.89. The molecule has 1 N–H and O–H groups in total. The molecule has 1 saturated heterocycles. The van der Waals surface area contributed by atoms with Gasteiger partial charge in [0.25, 0.3) is 0 Å². The Bertz CT molecular complexity index is 892. The summed E-state index contributed by atoms with van der Waals surface area (Å²) in [6.45, 7) is 1.43. The Labute approximate surface area is 159 Å². The quantitative estimate of drug-likeness (QED) is 0.825. The number of carbonyl (C=O) groups excluding carboxylic acids is 1. The van der Waals surface area contributed by atoms with Gasteiger partial charge in [0.15, 0.2) is 0 Å². The first kappa shape index (κ1) is 19.5. The summed E-state index contributed by atoms with van der Waals surface area (Å²) in [7, 11) is -3.44. The number of piperidine rings is 1. The van der Waals surface area contributed by atoms with Crippen LogP contribution in [0.5, 0.6) is 0 Å². The molecule has 5 nitrogen and oxygen atoms in total. The molecule has 0 unspecified atom stereocenters. The first-order valence-electron chi connectivity index (χ1n) is 9.05. The van der Waals surface area contributed by atoms with Gasteiger partial charge in [-0.2, -0.15) is 4.31 Å². The van der Waals surface area contributed by atoms with Crippen molar-refractivity contribution in [1.82, 2.24) is 9.62 Å². The zero-order chi connectivity index (χ0) is 19.3. The summed E-state index contributed by atoms with van der Waals surface area (Å²) in [5, 5.41) is 2.77. The molecule has 0 atom stereocenters. The Kier molecular flexibility index (Phi) is 6.23. The highest BCUT2D eigenvalue weighted by atomic mass is 32.2. The minimum atomic E-state index is -3.44. The second-order valence-electron chi connectivity index (χ2n) is 6.69. The van der Waals surface area contributed by atoms with Crippen LogP contribution in [0.15, 0.2) is 53.4 Å². The first-order valence-corrected chi connectivity index (χ1v) is 10.5. The normalized spacial score (nSPS) is 15.4. The maximum absolute atomic E-state index is 13.2. The van der Waals surface area contributed by atoms with Crippen LogP contribution >= 0.6 is 0 Å². The van der Waals surface area contributed by atoms with Crippen LogP contribution in [-0.4, -0.2) is 31.7 Å². The number of hydrogen-bond donors (Lipinski definition) is 1. The van der Waals surface area contributed by atoms with Crippen molar-refractivity contribution in [3.63, 3.8) is 0 Å². The van der Waals surface area contributed by atoms with E-state index in [4.69, 9.17) is 0 Å². The van der Waals surface area contributed by atoms with Gasteiger partial charge in [-0.3, -0.25) is 4.79 Å². The second kappa shape index (κ2) is 8.63. The molecule has 1 amide bonds. The second-order valence-corrected chi connectivity index (χ2v) is 8.63. The predicted molar refractivity (Wildman–Crippen MR) is 101 cm³/mol. The van der Waals surface area contributed by atoms with Crippen LogP contribution in [0.3, 0.4) is 0 Å². The predicted octanol–water partition coefficient (Wildman–Crippen LogP) is 2.86. The van der Waals surface area contributed by atoms with Gasteiger partial charge in [0.1, 0.15) is 5.82 Å².